The molecule has 0 aliphatic rings. The highest BCUT2D eigenvalue weighted by Crippen LogP contribution is 2.02. The molecule has 4 heteroatoms. The molecule has 0 fully saturated rings. The Hall–Kier alpha value is -1.86. The largest absolute Gasteiger partial charge is 0.350 e. The number of nitrogens with one attached hydrogen (secondary N) is 2. The van der Waals surface area contributed by atoms with Gasteiger partial charge in [-0.05, 0) is 38.5 Å². The average Bonchev–Trinajstić information content (AvgIpc) is 2.27. The van der Waals surface area contributed by atoms with Crippen LogP contribution in [0.4, 0.5) is 0 Å². The molecular formula is C14H19N3O. The number of hydrogen-bond donors (Lipinski definition) is 2. The minimum absolute atomic E-state index is 0.0175. The van der Waals surface area contributed by atoms with Crippen molar-refractivity contribution in [3.05, 3.63) is 35.4 Å². The summed E-state index contributed by atoms with van der Waals surface area (Å²) in [5.41, 5.74) is 1.49. The van der Waals surface area contributed by atoms with Crippen molar-refractivity contribution >= 4 is 5.91 Å². The second-order valence-electron chi connectivity index (χ2n) is 5.21. The minimum Gasteiger partial charge on any atom is -0.350 e. The van der Waals surface area contributed by atoms with Crippen LogP contribution in [0.5, 0.6) is 0 Å². The molecule has 0 bridgehead atoms. The van der Waals surface area contributed by atoms with E-state index in [9.17, 15) is 4.79 Å². The maximum absolute atomic E-state index is 11.5. The summed E-state index contributed by atoms with van der Waals surface area (Å²) >= 11 is 0. The standard InChI is InChI=1S/C14H19N3O/c1-14(2,3)17-13(18)10-16-9-12-6-4-11(8-15)5-7-12/h4-7,16H,9-10H2,1-3H3,(H,17,18). The van der Waals surface area contributed by atoms with E-state index >= 15 is 0 Å². The zero-order valence-electron chi connectivity index (χ0n) is 11.1. The van der Waals surface area contributed by atoms with E-state index in [1.807, 2.05) is 32.9 Å². The van der Waals surface area contributed by atoms with Gasteiger partial charge in [0.15, 0.2) is 0 Å². The van der Waals surface area contributed by atoms with Crippen LogP contribution in [0.2, 0.25) is 0 Å². The van der Waals surface area contributed by atoms with Gasteiger partial charge in [-0.15, -0.1) is 0 Å². The van der Waals surface area contributed by atoms with Gasteiger partial charge in [-0.25, -0.2) is 0 Å². The third-order valence-electron chi connectivity index (χ3n) is 2.21. The molecule has 1 aromatic rings. The van der Waals surface area contributed by atoms with Crippen molar-refractivity contribution in [2.24, 2.45) is 0 Å². The summed E-state index contributed by atoms with van der Waals surface area (Å²) in [5.74, 6) is -0.0175. The van der Waals surface area contributed by atoms with Crippen LogP contribution < -0.4 is 10.6 Å². The van der Waals surface area contributed by atoms with Gasteiger partial charge >= 0.3 is 0 Å². The molecule has 0 heterocycles. The summed E-state index contributed by atoms with van der Waals surface area (Å²) in [6.45, 7) is 6.75. The molecule has 2 N–H and O–H groups in total. The number of benzene rings is 1. The summed E-state index contributed by atoms with van der Waals surface area (Å²) in [7, 11) is 0. The fourth-order valence-electron chi connectivity index (χ4n) is 1.48. The molecule has 4 nitrogen and oxygen atoms in total. The summed E-state index contributed by atoms with van der Waals surface area (Å²) < 4.78 is 0. The first kappa shape index (κ1) is 14.2. The molecule has 0 saturated heterocycles. The van der Waals surface area contributed by atoms with Gasteiger partial charge in [-0.1, -0.05) is 12.1 Å². The van der Waals surface area contributed by atoms with Crippen LogP contribution in [0.15, 0.2) is 24.3 Å². The molecule has 18 heavy (non-hydrogen) atoms. The Balaban J connectivity index is 2.33. The molecule has 0 radical (unpaired) electrons. The fraction of sp³-hybridized carbons (Fsp3) is 0.429. The molecule has 0 aromatic heterocycles. The molecular weight excluding hydrogens is 226 g/mol. The lowest BCUT2D eigenvalue weighted by atomic mass is 10.1. The van der Waals surface area contributed by atoms with Gasteiger partial charge in [0.2, 0.25) is 5.91 Å². The molecule has 0 atom stereocenters. The van der Waals surface area contributed by atoms with Crippen molar-refractivity contribution in [2.75, 3.05) is 6.54 Å². The Labute approximate surface area is 108 Å². The van der Waals surface area contributed by atoms with Crippen molar-refractivity contribution in [2.45, 2.75) is 32.9 Å². The Bertz CT molecular complexity index is 438. The van der Waals surface area contributed by atoms with Crippen molar-refractivity contribution in [1.82, 2.24) is 10.6 Å². The zero-order valence-corrected chi connectivity index (χ0v) is 11.1. The molecule has 1 aromatic carbocycles. The molecule has 0 saturated carbocycles. The van der Waals surface area contributed by atoms with E-state index < -0.39 is 0 Å². The Morgan fingerprint density at radius 2 is 1.89 bits per heavy atom. The monoisotopic (exact) mass is 245 g/mol. The van der Waals surface area contributed by atoms with E-state index in [0.717, 1.165) is 5.56 Å². The molecule has 0 aliphatic carbocycles. The maximum Gasteiger partial charge on any atom is 0.234 e. The highest BCUT2D eigenvalue weighted by molar-refractivity contribution is 5.78. The van der Waals surface area contributed by atoms with Gasteiger partial charge in [0.1, 0.15) is 0 Å². The van der Waals surface area contributed by atoms with Gasteiger partial charge in [0.25, 0.3) is 0 Å². The first-order chi connectivity index (χ1) is 8.40. The second kappa shape index (κ2) is 6.18. The number of nitriles is 1. The highest BCUT2D eigenvalue weighted by Gasteiger charge is 2.12. The minimum atomic E-state index is -0.201. The number of rotatable bonds is 4. The van der Waals surface area contributed by atoms with Crippen molar-refractivity contribution < 1.29 is 4.79 Å². The van der Waals surface area contributed by atoms with E-state index in [-0.39, 0.29) is 18.0 Å². The maximum atomic E-state index is 11.5. The number of carbonyl (C=O) groups excluding carboxylic acids is 1. The normalized spacial score (nSPS) is 10.8. The Morgan fingerprint density at radius 3 is 2.39 bits per heavy atom. The molecule has 0 spiro atoms. The van der Waals surface area contributed by atoms with Gasteiger partial charge in [-0.3, -0.25) is 4.79 Å². The lowest BCUT2D eigenvalue weighted by Crippen LogP contribution is -2.44. The third kappa shape index (κ3) is 5.46. The predicted octanol–water partition coefficient (Wildman–Crippen LogP) is 1.56. The molecule has 1 amide bonds. The van der Waals surface area contributed by atoms with Crippen molar-refractivity contribution in [1.29, 1.82) is 5.26 Å². The number of hydrogen-bond acceptors (Lipinski definition) is 3. The zero-order chi connectivity index (χ0) is 13.6. The Morgan fingerprint density at radius 1 is 1.28 bits per heavy atom. The number of nitrogens with zero attached hydrogens (tertiary/aromatic N) is 1. The number of carbonyl (C=O) groups is 1. The van der Waals surface area contributed by atoms with Gasteiger partial charge in [0.05, 0.1) is 18.2 Å². The first-order valence-electron chi connectivity index (χ1n) is 5.91. The first-order valence-corrected chi connectivity index (χ1v) is 5.91. The van der Waals surface area contributed by atoms with Crippen LogP contribution in [0.25, 0.3) is 0 Å². The van der Waals surface area contributed by atoms with Crippen molar-refractivity contribution in [3.63, 3.8) is 0 Å². The summed E-state index contributed by atoms with van der Waals surface area (Å²) in [6, 6.07) is 9.37. The summed E-state index contributed by atoms with van der Waals surface area (Å²) in [5, 5.41) is 14.6. The van der Waals surface area contributed by atoms with Gasteiger partial charge in [0, 0.05) is 12.1 Å². The second-order valence-corrected chi connectivity index (χ2v) is 5.21. The van der Waals surface area contributed by atoms with E-state index in [0.29, 0.717) is 12.1 Å². The lowest BCUT2D eigenvalue weighted by molar-refractivity contribution is -0.121. The third-order valence-corrected chi connectivity index (χ3v) is 2.21. The van der Waals surface area contributed by atoms with E-state index in [2.05, 4.69) is 16.7 Å². The Kier molecular flexibility index (Phi) is 4.87. The molecule has 1 rings (SSSR count). The molecule has 96 valence electrons. The van der Waals surface area contributed by atoms with Gasteiger partial charge in [-0.2, -0.15) is 5.26 Å². The summed E-state index contributed by atoms with van der Waals surface area (Å²) in [4.78, 5) is 11.5. The summed E-state index contributed by atoms with van der Waals surface area (Å²) in [6.07, 6.45) is 0. The number of amides is 1. The van der Waals surface area contributed by atoms with Crippen LogP contribution >= 0.6 is 0 Å². The lowest BCUT2D eigenvalue weighted by Gasteiger charge is -2.20. The SMILES string of the molecule is CC(C)(C)NC(=O)CNCc1ccc(C#N)cc1. The quantitative estimate of drug-likeness (QED) is 0.846. The van der Waals surface area contributed by atoms with E-state index in [1.165, 1.54) is 0 Å². The van der Waals surface area contributed by atoms with Gasteiger partial charge < -0.3 is 10.6 Å². The van der Waals surface area contributed by atoms with E-state index in [4.69, 9.17) is 5.26 Å². The van der Waals surface area contributed by atoms with E-state index in [1.54, 1.807) is 12.1 Å². The van der Waals surface area contributed by atoms with Crippen LogP contribution in [-0.4, -0.2) is 18.0 Å². The smallest absolute Gasteiger partial charge is 0.234 e. The molecule has 0 aliphatic heterocycles. The van der Waals surface area contributed by atoms with Crippen LogP contribution in [0, 0.1) is 11.3 Å². The van der Waals surface area contributed by atoms with Crippen molar-refractivity contribution in [3.8, 4) is 6.07 Å². The fourth-order valence-corrected chi connectivity index (χ4v) is 1.48. The van der Waals surface area contributed by atoms with Crippen LogP contribution in [-0.2, 0) is 11.3 Å². The average molecular weight is 245 g/mol. The van der Waals surface area contributed by atoms with Crippen LogP contribution in [0.3, 0.4) is 0 Å². The van der Waals surface area contributed by atoms with Crippen LogP contribution in [0.1, 0.15) is 31.9 Å². The molecule has 0 unspecified atom stereocenters. The predicted molar refractivity (Wildman–Crippen MR) is 70.8 cm³/mol. The topological polar surface area (TPSA) is 64.9 Å². The highest BCUT2D eigenvalue weighted by atomic mass is 16.2.